The van der Waals surface area contributed by atoms with E-state index in [0.717, 1.165) is 11.3 Å². The molecule has 0 atom stereocenters. The Morgan fingerprint density at radius 3 is 2.50 bits per heavy atom. The van der Waals surface area contributed by atoms with Crippen LogP contribution in [0.25, 0.3) is 0 Å². The minimum absolute atomic E-state index is 0.00328. The highest BCUT2D eigenvalue weighted by molar-refractivity contribution is 7.89. The maximum atomic E-state index is 12.0. The second kappa shape index (κ2) is 7.46. The number of benzene rings is 2. The minimum Gasteiger partial charge on any atom is -0.493 e. The highest BCUT2D eigenvalue weighted by Crippen LogP contribution is 2.19. The van der Waals surface area contributed by atoms with E-state index >= 15 is 0 Å². The van der Waals surface area contributed by atoms with Gasteiger partial charge in [-0.2, -0.15) is 0 Å². The van der Waals surface area contributed by atoms with Crippen LogP contribution in [0.4, 0.5) is 5.69 Å². The Kier molecular flexibility index (Phi) is 5.58. The molecule has 0 aromatic heterocycles. The van der Waals surface area contributed by atoms with E-state index in [1.54, 1.807) is 19.1 Å². The SMILES string of the molecule is Cc1ccccc1OCCC(=O)Nc1ccc(C)c(S(N)(=O)=O)c1. The Hall–Kier alpha value is -2.38. The summed E-state index contributed by atoms with van der Waals surface area (Å²) in [4.78, 5) is 12.0. The second-order valence-corrected chi connectivity index (χ2v) is 6.97. The van der Waals surface area contributed by atoms with E-state index in [4.69, 9.17) is 9.88 Å². The first-order valence-corrected chi connectivity index (χ1v) is 8.94. The first-order valence-electron chi connectivity index (χ1n) is 7.39. The van der Waals surface area contributed by atoms with Gasteiger partial charge in [0.15, 0.2) is 0 Å². The van der Waals surface area contributed by atoms with Crippen LogP contribution in [0.15, 0.2) is 47.4 Å². The molecule has 0 radical (unpaired) electrons. The molecule has 0 aliphatic carbocycles. The molecule has 0 fully saturated rings. The molecule has 0 heterocycles. The number of hydrogen-bond acceptors (Lipinski definition) is 4. The maximum absolute atomic E-state index is 12.0. The topological polar surface area (TPSA) is 98.5 Å². The molecule has 7 heteroatoms. The maximum Gasteiger partial charge on any atom is 0.238 e. The molecule has 0 saturated carbocycles. The summed E-state index contributed by atoms with van der Waals surface area (Å²) in [6, 6.07) is 12.1. The van der Waals surface area contributed by atoms with Crippen LogP contribution in [0.1, 0.15) is 17.5 Å². The normalized spacial score (nSPS) is 11.1. The van der Waals surface area contributed by atoms with E-state index in [1.165, 1.54) is 6.07 Å². The number of hydrogen-bond donors (Lipinski definition) is 2. The molecule has 0 aliphatic heterocycles. The number of para-hydroxylation sites is 1. The van der Waals surface area contributed by atoms with Crippen LogP contribution >= 0.6 is 0 Å². The number of nitrogens with one attached hydrogen (secondary N) is 1. The Morgan fingerprint density at radius 2 is 1.83 bits per heavy atom. The van der Waals surface area contributed by atoms with Crippen LogP contribution in [-0.4, -0.2) is 20.9 Å². The van der Waals surface area contributed by atoms with Gasteiger partial charge in [-0.15, -0.1) is 0 Å². The number of amides is 1. The summed E-state index contributed by atoms with van der Waals surface area (Å²) in [5, 5.41) is 7.80. The average Bonchev–Trinajstić information content (AvgIpc) is 2.50. The standard InChI is InChI=1S/C17H20N2O4S/c1-12-5-3-4-6-15(12)23-10-9-17(20)19-14-8-7-13(2)16(11-14)24(18,21)22/h3-8,11H,9-10H2,1-2H3,(H,19,20)(H2,18,21,22). The molecule has 24 heavy (non-hydrogen) atoms. The van der Waals surface area contributed by atoms with Crippen molar-refractivity contribution >= 4 is 21.6 Å². The van der Waals surface area contributed by atoms with Crippen molar-refractivity contribution in [3.8, 4) is 5.75 Å². The van der Waals surface area contributed by atoms with Crippen LogP contribution < -0.4 is 15.2 Å². The molecular formula is C17H20N2O4S. The van der Waals surface area contributed by atoms with Crippen molar-refractivity contribution in [2.45, 2.75) is 25.2 Å². The van der Waals surface area contributed by atoms with Gasteiger partial charge < -0.3 is 10.1 Å². The van der Waals surface area contributed by atoms with Crippen molar-refractivity contribution in [3.63, 3.8) is 0 Å². The summed E-state index contributed by atoms with van der Waals surface area (Å²) in [6.45, 7) is 3.79. The van der Waals surface area contributed by atoms with Crippen LogP contribution in [0.2, 0.25) is 0 Å². The first-order chi connectivity index (χ1) is 11.3. The van der Waals surface area contributed by atoms with Gasteiger partial charge in [-0.25, -0.2) is 13.6 Å². The Bertz CT molecular complexity index is 847. The number of nitrogens with two attached hydrogens (primary N) is 1. The molecule has 6 nitrogen and oxygen atoms in total. The molecule has 2 rings (SSSR count). The van der Waals surface area contributed by atoms with Crippen molar-refractivity contribution in [1.82, 2.24) is 0 Å². The summed E-state index contributed by atoms with van der Waals surface area (Å²) in [5.41, 5.74) is 1.90. The first kappa shape index (κ1) is 18.0. The summed E-state index contributed by atoms with van der Waals surface area (Å²) in [6.07, 6.45) is 0.146. The lowest BCUT2D eigenvalue weighted by atomic mass is 10.2. The third-order valence-electron chi connectivity index (χ3n) is 3.46. The molecule has 0 spiro atoms. The van der Waals surface area contributed by atoms with Gasteiger partial charge in [0.2, 0.25) is 15.9 Å². The Morgan fingerprint density at radius 1 is 1.12 bits per heavy atom. The largest absolute Gasteiger partial charge is 0.493 e. The molecule has 1 amide bonds. The van der Waals surface area contributed by atoms with E-state index < -0.39 is 10.0 Å². The summed E-state index contributed by atoms with van der Waals surface area (Å²) >= 11 is 0. The van der Waals surface area contributed by atoms with Crippen molar-refractivity contribution < 1.29 is 17.9 Å². The summed E-state index contributed by atoms with van der Waals surface area (Å²) < 4.78 is 28.6. The highest BCUT2D eigenvalue weighted by Gasteiger charge is 2.13. The lowest BCUT2D eigenvalue weighted by Crippen LogP contribution is -2.17. The highest BCUT2D eigenvalue weighted by atomic mass is 32.2. The van der Waals surface area contributed by atoms with Gasteiger partial charge in [-0.05, 0) is 43.2 Å². The molecular weight excluding hydrogens is 328 g/mol. The minimum atomic E-state index is -3.83. The molecule has 128 valence electrons. The van der Waals surface area contributed by atoms with Gasteiger partial charge in [-0.3, -0.25) is 4.79 Å². The molecule has 2 aromatic rings. The van der Waals surface area contributed by atoms with Gasteiger partial charge in [-0.1, -0.05) is 24.3 Å². The number of ether oxygens (including phenoxy) is 1. The van der Waals surface area contributed by atoms with Crippen molar-refractivity contribution in [1.29, 1.82) is 0 Å². The van der Waals surface area contributed by atoms with Crippen LogP contribution in [-0.2, 0) is 14.8 Å². The number of carbonyl (C=O) groups excluding carboxylic acids is 1. The molecule has 0 bridgehead atoms. The van der Waals surface area contributed by atoms with Crippen molar-refractivity contribution in [2.75, 3.05) is 11.9 Å². The number of anilines is 1. The van der Waals surface area contributed by atoms with Gasteiger partial charge >= 0.3 is 0 Å². The number of rotatable bonds is 6. The molecule has 0 unspecified atom stereocenters. The quantitative estimate of drug-likeness (QED) is 0.837. The van der Waals surface area contributed by atoms with E-state index in [2.05, 4.69) is 5.32 Å². The van der Waals surface area contributed by atoms with E-state index in [-0.39, 0.29) is 23.8 Å². The van der Waals surface area contributed by atoms with Gasteiger partial charge in [0, 0.05) is 5.69 Å². The lowest BCUT2D eigenvalue weighted by Gasteiger charge is -2.10. The fourth-order valence-corrected chi connectivity index (χ4v) is 2.99. The predicted molar refractivity (Wildman–Crippen MR) is 92.5 cm³/mol. The van der Waals surface area contributed by atoms with Gasteiger partial charge in [0.25, 0.3) is 0 Å². The average molecular weight is 348 g/mol. The molecule has 0 saturated heterocycles. The number of primary sulfonamides is 1. The van der Waals surface area contributed by atoms with E-state index in [1.807, 2.05) is 31.2 Å². The fraction of sp³-hybridized carbons (Fsp3) is 0.235. The van der Waals surface area contributed by atoms with Crippen LogP contribution in [0, 0.1) is 13.8 Å². The van der Waals surface area contributed by atoms with Gasteiger partial charge in [0.1, 0.15) is 5.75 Å². The number of aryl methyl sites for hydroxylation is 2. The third-order valence-corrected chi connectivity index (χ3v) is 4.51. The van der Waals surface area contributed by atoms with E-state index in [0.29, 0.717) is 11.3 Å². The van der Waals surface area contributed by atoms with E-state index in [9.17, 15) is 13.2 Å². The van der Waals surface area contributed by atoms with Crippen LogP contribution in [0.5, 0.6) is 5.75 Å². The number of carbonyl (C=O) groups is 1. The number of sulfonamides is 1. The third kappa shape index (κ3) is 4.81. The summed E-state index contributed by atoms with van der Waals surface area (Å²) in [5.74, 6) is 0.463. The Balaban J connectivity index is 1.94. The lowest BCUT2D eigenvalue weighted by molar-refractivity contribution is -0.116. The molecule has 3 N–H and O–H groups in total. The van der Waals surface area contributed by atoms with Crippen molar-refractivity contribution in [3.05, 3.63) is 53.6 Å². The zero-order chi connectivity index (χ0) is 17.7. The summed E-state index contributed by atoms with van der Waals surface area (Å²) in [7, 11) is -3.83. The van der Waals surface area contributed by atoms with Gasteiger partial charge in [0.05, 0.1) is 17.9 Å². The Labute approximate surface area is 141 Å². The molecule has 0 aliphatic rings. The zero-order valence-corrected chi connectivity index (χ0v) is 14.4. The monoisotopic (exact) mass is 348 g/mol. The second-order valence-electron chi connectivity index (χ2n) is 5.44. The van der Waals surface area contributed by atoms with Crippen molar-refractivity contribution in [2.24, 2.45) is 5.14 Å². The smallest absolute Gasteiger partial charge is 0.238 e. The predicted octanol–water partition coefficient (Wildman–Crippen LogP) is 2.36. The molecule has 2 aromatic carbocycles. The zero-order valence-electron chi connectivity index (χ0n) is 13.6. The van der Waals surface area contributed by atoms with Crippen LogP contribution in [0.3, 0.4) is 0 Å². The fourth-order valence-electron chi connectivity index (χ4n) is 2.18.